The monoisotopic (exact) mass is 318 g/mol. The van der Waals surface area contributed by atoms with Crippen LogP contribution in [0.3, 0.4) is 0 Å². The molecule has 0 fully saturated rings. The number of rotatable bonds is 4. The average molecular weight is 318 g/mol. The minimum atomic E-state index is -0.897. The third kappa shape index (κ3) is 3.18. The van der Waals surface area contributed by atoms with Gasteiger partial charge in [-0.3, -0.25) is 4.98 Å². The Morgan fingerprint density at radius 1 is 1.09 bits per heavy atom. The summed E-state index contributed by atoms with van der Waals surface area (Å²) in [6.07, 6.45) is 4.65. The van der Waals surface area contributed by atoms with Crippen molar-refractivity contribution in [3.63, 3.8) is 0 Å². The number of hydrogen-bond donors (Lipinski definition) is 1. The molecule has 0 bridgehead atoms. The summed E-state index contributed by atoms with van der Waals surface area (Å²) in [5, 5.41) is 10.8. The van der Waals surface area contributed by atoms with Crippen LogP contribution < -0.4 is 0 Å². The zero-order valence-corrected chi connectivity index (χ0v) is 12.2. The van der Waals surface area contributed by atoms with E-state index < -0.39 is 17.7 Å². The van der Waals surface area contributed by atoms with Crippen LogP contribution in [0.2, 0.25) is 0 Å². The van der Waals surface area contributed by atoms with Crippen LogP contribution in [-0.2, 0) is 6.42 Å². The quantitative estimate of drug-likeness (QED) is 0.797. The predicted octanol–water partition coefficient (Wildman–Crippen LogP) is 3.76. The smallest absolute Gasteiger partial charge is 0.159 e. The van der Waals surface area contributed by atoms with Crippen LogP contribution in [0.4, 0.5) is 8.78 Å². The topological polar surface area (TPSA) is 46.0 Å². The van der Waals surface area contributed by atoms with Crippen molar-refractivity contribution in [2.24, 2.45) is 0 Å². The van der Waals surface area contributed by atoms with Gasteiger partial charge in [-0.1, -0.05) is 0 Å². The summed E-state index contributed by atoms with van der Waals surface area (Å²) in [7, 11) is 0. The first-order valence-electron chi connectivity index (χ1n) is 6.61. The van der Waals surface area contributed by atoms with Gasteiger partial charge >= 0.3 is 0 Å². The first-order chi connectivity index (χ1) is 10.6. The summed E-state index contributed by atoms with van der Waals surface area (Å²) in [6, 6.07) is 7.19. The Morgan fingerprint density at radius 2 is 1.86 bits per heavy atom. The van der Waals surface area contributed by atoms with Gasteiger partial charge in [0, 0.05) is 35.5 Å². The van der Waals surface area contributed by atoms with E-state index in [-0.39, 0.29) is 0 Å². The molecular weight excluding hydrogens is 306 g/mol. The lowest BCUT2D eigenvalue weighted by Gasteiger charge is -2.08. The van der Waals surface area contributed by atoms with E-state index >= 15 is 0 Å². The van der Waals surface area contributed by atoms with Gasteiger partial charge in [-0.25, -0.2) is 13.8 Å². The summed E-state index contributed by atoms with van der Waals surface area (Å²) >= 11 is 1.35. The number of nitrogens with zero attached hydrogens (tertiary/aromatic N) is 2. The van der Waals surface area contributed by atoms with Crippen molar-refractivity contribution in [1.29, 1.82) is 0 Å². The lowest BCUT2D eigenvalue weighted by molar-refractivity contribution is 0.179. The second-order valence-electron chi connectivity index (χ2n) is 4.76. The first kappa shape index (κ1) is 14.7. The average Bonchev–Trinajstić information content (AvgIpc) is 2.99. The van der Waals surface area contributed by atoms with Gasteiger partial charge in [0.1, 0.15) is 5.01 Å². The summed E-state index contributed by atoms with van der Waals surface area (Å²) in [5.74, 6) is -1.78. The van der Waals surface area contributed by atoms with Crippen LogP contribution in [0.1, 0.15) is 16.5 Å². The van der Waals surface area contributed by atoms with Crippen LogP contribution in [0.25, 0.3) is 10.6 Å². The molecule has 2 heterocycles. The van der Waals surface area contributed by atoms with Gasteiger partial charge in [0.05, 0.1) is 6.10 Å². The molecule has 3 rings (SSSR count). The second-order valence-corrected chi connectivity index (χ2v) is 5.88. The summed E-state index contributed by atoms with van der Waals surface area (Å²) in [6.45, 7) is 0. The molecule has 22 heavy (non-hydrogen) atoms. The Morgan fingerprint density at radius 3 is 2.59 bits per heavy atom. The zero-order chi connectivity index (χ0) is 15.5. The van der Waals surface area contributed by atoms with Crippen molar-refractivity contribution >= 4 is 11.3 Å². The Labute approximate surface area is 129 Å². The maximum Gasteiger partial charge on any atom is 0.159 e. The number of pyridine rings is 1. The van der Waals surface area contributed by atoms with Gasteiger partial charge in [-0.2, -0.15) is 0 Å². The minimum absolute atomic E-state index is 0.408. The molecule has 0 spiro atoms. The number of hydrogen-bond acceptors (Lipinski definition) is 4. The predicted molar refractivity (Wildman–Crippen MR) is 80.4 cm³/mol. The number of benzene rings is 1. The number of aliphatic hydroxyl groups excluding tert-OH is 1. The van der Waals surface area contributed by atoms with Gasteiger partial charge in [0.2, 0.25) is 0 Å². The highest BCUT2D eigenvalue weighted by Crippen LogP contribution is 2.29. The maximum atomic E-state index is 13.3. The molecule has 3 aromatic rings. The molecule has 1 unspecified atom stereocenters. The van der Waals surface area contributed by atoms with Crippen molar-refractivity contribution in [2.45, 2.75) is 12.5 Å². The van der Waals surface area contributed by atoms with Crippen molar-refractivity contribution in [3.05, 3.63) is 71.0 Å². The molecule has 6 heteroatoms. The standard InChI is InChI=1S/C16H12F2N2OS/c17-13-2-1-11(7-14(13)18)16-20-9-12(22-16)8-15(21)10-3-5-19-6-4-10/h1-7,9,15,21H,8H2. The fourth-order valence-electron chi connectivity index (χ4n) is 2.06. The molecule has 0 saturated heterocycles. The highest BCUT2D eigenvalue weighted by molar-refractivity contribution is 7.15. The molecule has 1 aromatic carbocycles. The van der Waals surface area contributed by atoms with Gasteiger partial charge in [0.15, 0.2) is 11.6 Å². The third-order valence-electron chi connectivity index (χ3n) is 3.21. The molecule has 1 N–H and O–H groups in total. The van der Waals surface area contributed by atoms with Crippen molar-refractivity contribution in [3.8, 4) is 10.6 Å². The van der Waals surface area contributed by atoms with E-state index in [2.05, 4.69) is 9.97 Å². The molecule has 112 valence electrons. The van der Waals surface area contributed by atoms with Gasteiger partial charge in [-0.15, -0.1) is 11.3 Å². The van der Waals surface area contributed by atoms with Gasteiger partial charge in [-0.05, 0) is 35.9 Å². The minimum Gasteiger partial charge on any atom is -0.388 e. The summed E-state index contributed by atoms with van der Waals surface area (Å²) < 4.78 is 26.2. The van der Waals surface area contributed by atoms with Crippen LogP contribution in [-0.4, -0.2) is 15.1 Å². The highest BCUT2D eigenvalue weighted by Gasteiger charge is 2.13. The van der Waals surface area contributed by atoms with E-state index in [9.17, 15) is 13.9 Å². The first-order valence-corrected chi connectivity index (χ1v) is 7.43. The van der Waals surface area contributed by atoms with Crippen molar-refractivity contribution < 1.29 is 13.9 Å². The fraction of sp³-hybridized carbons (Fsp3) is 0.125. The molecule has 2 aromatic heterocycles. The van der Waals surface area contributed by atoms with Gasteiger partial charge < -0.3 is 5.11 Å². The third-order valence-corrected chi connectivity index (χ3v) is 4.27. The zero-order valence-electron chi connectivity index (χ0n) is 11.4. The number of aliphatic hydroxyl groups is 1. The number of aromatic nitrogens is 2. The lowest BCUT2D eigenvalue weighted by atomic mass is 10.1. The molecule has 0 amide bonds. The van der Waals surface area contributed by atoms with Crippen LogP contribution in [0.15, 0.2) is 48.9 Å². The largest absolute Gasteiger partial charge is 0.388 e. The molecule has 0 aliphatic carbocycles. The lowest BCUT2D eigenvalue weighted by Crippen LogP contribution is -2.00. The number of halogens is 2. The normalized spacial score (nSPS) is 12.3. The van der Waals surface area contributed by atoms with E-state index in [4.69, 9.17) is 0 Å². The summed E-state index contributed by atoms with van der Waals surface area (Å²) in [5.41, 5.74) is 1.30. The second kappa shape index (κ2) is 6.29. The van der Waals surface area contributed by atoms with Crippen molar-refractivity contribution in [2.75, 3.05) is 0 Å². The van der Waals surface area contributed by atoms with Crippen LogP contribution in [0.5, 0.6) is 0 Å². The highest BCUT2D eigenvalue weighted by atomic mass is 32.1. The Bertz CT molecular complexity index is 777. The molecule has 0 aliphatic heterocycles. The van der Waals surface area contributed by atoms with E-state index in [0.29, 0.717) is 17.0 Å². The molecular formula is C16H12F2N2OS. The van der Waals surface area contributed by atoms with Crippen LogP contribution >= 0.6 is 11.3 Å². The van der Waals surface area contributed by atoms with E-state index in [1.54, 1.807) is 30.7 Å². The molecule has 0 aliphatic rings. The molecule has 3 nitrogen and oxygen atoms in total. The van der Waals surface area contributed by atoms with Gasteiger partial charge in [0.25, 0.3) is 0 Å². The summed E-state index contributed by atoms with van der Waals surface area (Å²) in [4.78, 5) is 8.98. The molecule has 1 atom stereocenters. The Balaban J connectivity index is 1.77. The fourth-order valence-corrected chi connectivity index (χ4v) is 3.00. The Kier molecular flexibility index (Phi) is 4.22. The maximum absolute atomic E-state index is 13.3. The Hall–Kier alpha value is -2.18. The molecule has 0 saturated carbocycles. The van der Waals surface area contributed by atoms with E-state index in [0.717, 1.165) is 22.6 Å². The van der Waals surface area contributed by atoms with Crippen LogP contribution in [0, 0.1) is 11.6 Å². The van der Waals surface area contributed by atoms with Crippen molar-refractivity contribution in [1.82, 2.24) is 9.97 Å². The van der Waals surface area contributed by atoms with E-state index in [1.165, 1.54) is 17.4 Å². The molecule has 0 radical (unpaired) electrons. The van der Waals surface area contributed by atoms with E-state index in [1.807, 2.05) is 0 Å². The number of thiazole rings is 1. The SMILES string of the molecule is OC(Cc1cnc(-c2ccc(F)c(F)c2)s1)c1ccncc1.